The van der Waals surface area contributed by atoms with E-state index in [1.54, 1.807) is 7.11 Å². The van der Waals surface area contributed by atoms with Crippen molar-refractivity contribution in [2.75, 3.05) is 20.3 Å². The van der Waals surface area contributed by atoms with Crippen molar-refractivity contribution in [2.45, 2.75) is 65.6 Å². The molecule has 0 saturated heterocycles. The van der Waals surface area contributed by atoms with Gasteiger partial charge in [0.1, 0.15) is 5.54 Å². The van der Waals surface area contributed by atoms with E-state index in [1.165, 1.54) is 0 Å². The van der Waals surface area contributed by atoms with Crippen molar-refractivity contribution in [3.8, 4) is 11.5 Å². The predicted molar refractivity (Wildman–Crippen MR) is 111 cm³/mol. The summed E-state index contributed by atoms with van der Waals surface area (Å²) in [7, 11) is 1.62. The van der Waals surface area contributed by atoms with E-state index in [0.717, 1.165) is 5.56 Å². The number of ether oxygens (including phenoxy) is 3. The molecule has 3 unspecified atom stereocenters. The van der Waals surface area contributed by atoms with E-state index in [1.807, 2.05) is 45.9 Å². The van der Waals surface area contributed by atoms with Gasteiger partial charge in [-0.2, -0.15) is 0 Å². The molecule has 1 aliphatic carbocycles. The summed E-state index contributed by atoms with van der Waals surface area (Å²) in [5.74, 6) is 1.63. The van der Waals surface area contributed by atoms with Crippen LogP contribution in [0.5, 0.6) is 11.5 Å². The molecule has 28 heavy (non-hydrogen) atoms. The van der Waals surface area contributed by atoms with Gasteiger partial charge in [0.05, 0.1) is 25.9 Å². The lowest BCUT2D eigenvalue weighted by atomic mass is 9.54. The van der Waals surface area contributed by atoms with Crippen LogP contribution in [0.25, 0.3) is 0 Å². The lowest BCUT2D eigenvalue weighted by molar-refractivity contribution is -0.171. The van der Waals surface area contributed by atoms with Crippen LogP contribution in [0.3, 0.4) is 0 Å². The highest BCUT2D eigenvalue weighted by Crippen LogP contribution is 2.50. The summed E-state index contributed by atoms with van der Waals surface area (Å²) in [5.41, 5.74) is 6.06. The largest absolute Gasteiger partial charge is 0.493 e. The minimum absolute atomic E-state index is 0.000963. The minimum Gasteiger partial charge on any atom is -0.493 e. The fourth-order valence-corrected chi connectivity index (χ4v) is 3.56. The van der Waals surface area contributed by atoms with E-state index < -0.39 is 11.0 Å². The Balaban J connectivity index is 2.08. The van der Waals surface area contributed by atoms with Crippen LogP contribution in [0.15, 0.2) is 18.2 Å². The zero-order chi connectivity index (χ0) is 21.1. The topological polar surface area (TPSA) is 82.8 Å². The molecule has 1 aromatic rings. The number of amides is 1. The summed E-state index contributed by atoms with van der Waals surface area (Å²) in [6, 6.07) is 5.53. The first-order valence-electron chi connectivity index (χ1n) is 10.1. The third kappa shape index (κ3) is 4.28. The number of methoxy groups -OCH3 is 1. The maximum atomic E-state index is 12.9. The number of benzene rings is 1. The molecular formula is C22H36N2O4. The van der Waals surface area contributed by atoms with Crippen molar-refractivity contribution < 1.29 is 19.0 Å². The minimum atomic E-state index is -0.939. The van der Waals surface area contributed by atoms with E-state index in [0.29, 0.717) is 37.1 Å². The Kier molecular flexibility index (Phi) is 6.99. The van der Waals surface area contributed by atoms with Gasteiger partial charge in [-0.05, 0) is 37.5 Å². The third-order valence-corrected chi connectivity index (χ3v) is 5.84. The Morgan fingerprint density at radius 3 is 2.50 bits per heavy atom. The number of nitrogens with two attached hydrogens (primary N) is 1. The molecule has 6 nitrogen and oxygen atoms in total. The number of carbonyl (C=O) groups excluding carboxylic acids is 1. The maximum Gasteiger partial charge on any atom is 0.241 e. The SMILES string of the molecule is CCOC1CC(N)(C(=O)NC(C)c2ccc(OCC(C)C)c(OC)c2)C1(C)C. The molecule has 0 aliphatic heterocycles. The molecule has 1 fully saturated rings. The average molecular weight is 393 g/mol. The quantitative estimate of drug-likeness (QED) is 0.673. The molecule has 1 amide bonds. The first kappa shape index (κ1) is 22.5. The molecule has 0 bridgehead atoms. The Morgan fingerprint density at radius 2 is 1.96 bits per heavy atom. The molecule has 2 rings (SSSR count). The van der Waals surface area contributed by atoms with E-state index in [-0.39, 0.29) is 18.1 Å². The van der Waals surface area contributed by atoms with Crippen LogP contribution in [-0.2, 0) is 9.53 Å². The lowest BCUT2D eigenvalue weighted by Gasteiger charge is -2.57. The highest BCUT2D eigenvalue weighted by molar-refractivity contribution is 5.89. The second-order valence-electron chi connectivity index (χ2n) is 8.65. The standard InChI is InChI=1S/C22H36N2O4/c1-8-27-19-12-22(23,21(19,5)6)20(25)24-15(4)16-9-10-17(18(11-16)26-7)28-13-14(2)3/h9-11,14-15,19H,8,12-13,23H2,1-7H3,(H,24,25). The third-order valence-electron chi connectivity index (χ3n) is 5.84. The number of hydrogen-bond donors (Lipinski definition) is 2. The van der Waals surface area contributed by atoms with Crippen molar-refractivity contribution >= 4 is 5.91 Å². The molecule has 1 saturated carbocycles. The van der Waals surface area contributed by atoms with Gasteiger partial charge in [0, 0.05) is 18.4 Å². The smallest absolute Gasteiger partial charge is 0.241 e. The van der Waals surface area contributed by atoms with E-state index in [2.05, 4.69) is 19.2 Å². The van der Waals surface area contributed by atoms with Crippen LogP contribution in [-0.4, -0.2) is 37.9 Å². The second-order valence-corrected chi connectivity index (χ2v) is 8.65. The van der Waals surface area contributed by atoms with Crippen LogP contribution >= 0.6 is 0 Å². The lowest BCUT2D eigenvalue weighted by Crippen LogP contribution is -2.75. The summed E-state index contributed by atoms with van der Waals surface area (Å²) in [6.45, 7) is 13.3. The molecule has 1 aliphatic rings. The predicted octanol–water partition coefficient (Wildman–Crippen LogP) is 3.44. The van der Waals surface area contributed by atoms with Crippen molar-refractivity contribution in [1.29, 1.82) is 0 Å². The molecule has 0 radical (unpaired) electrons. The summed E-state index contributed by atoms with van der Waals surface area (Å²) >= 11 is 0. The van der Waals surface area contributed by atoms with Gasteiger partial charge >= 0.3 is 0 Å². The number of nitrogens with one attached hydrogen (secondary N) is 1. The summed E-state index contributed by atoms with van der Waals surface area (Å²) in [4.78, 5) is 12.9. The molecular weight excluding hydrogens is 356 g/mol. The van der Waals surface area contributed by atoms with Gasteiger partial charge in [-0.15, -0.1) is 0 Å². The first-order chi connectivity index (χ1) is 13.1. The van der Waals surface area contributed by atoms with Gasteiger partial charge in [0.25, 0.3) is 0 Å². The van der Waals surface area contributed by atoms with Gasteiger partial charge in [-0.1, -0.05) is 33.8 Å². The first-order valence-corrected chi connectivity index (χ1v) is 10.1. The van der Waals surface area contributed by atoms with Gasteiger partial charge < -0.3 is 25.3 Å². The van der Waals surface area contributed by atoms with Crippen LogP contribution in [0.1, 0.15) is 59.6 Å². The van der Waals surface area contributed by atoms with Crippen LogP contribution < -0.4 is 20.5 Å². The Morgan fingerprint density at radius 1 is 1.29 bits per heavy atom. The van der Waals surface area contributed by atoms with Crippen LogP contribution in [0.4, 0.5) is 0 Å². The monoisotopic (exact) mass is 392 g/mol. The highest BCUT2D eigenvalue weighted by Gasteiger charge is 2.62. The number of rotatable bonds is 9. The fourth-order valence-electron chi connectivity index (χ4n) is 3.56. The van der Waals surface area contributed by atoms with Crippen molar-refractivity contribution in [3.05, 3.63) is 23.8 Å². The second kappa shape index (κ2) is 8.70. The molecule has 6 heteroatoms. The molecule has 3 atom stereocenters. The highest BCUT2D eigenvalue weighted by atomic mass is 16.5. The van der Waals surface area contributed by atoms with Gasteiger partial charge in [0.2, 0.25) is 5.91 Å². The molecule has 1 aromatic carbocycles. The number of carbonyl (C=O) groups is 1. The van der Waals surface area contributed by atoms with E-state index >= 15 is 0 Å². The molecule has 0 aromatic heterocycles. The van der Waals surface area contributed by atoms with E-state index in [9.17, 15) is 4.79 Å². The Bertz CT molecular complexity index is 689. The van der Waals surface area contributed by atoms with Gasteiger partial charge in [0.15, 0.2) is 11.5 Å². The molecule has 0 heterocycles. The maximum absolute atomic E-state index is 12.9. The summed E-state index contributed by atoms with van der Waals surface area (Å²) in [5, 5.41) is 3.06. The van der Waals surface area contributed by atoms with Gasteiger partial charge in [-0.3, -0.25) is 4.79 Å². The fraction of sp³-hybridized carbons (Fsp3) is 0.682. The van der Waals surface area contributed by atoms with Crippen LogP contribution in [0.2, 0.25) is 0 Å². The molecule has 3 N–H and O–H groups in total. The summed E-state index contributed by atoms with van der Waals surface area (Å²) in [6.07, 6.45) is 0.526. The number of hydrogen-bond acceptors (Lipinski definition) is 5. The average Bonchev–Trinajstić information content (AvgIpc) is 2.65. The Hall–Kier alpha value is -1.79. The molecule has 0 spiro atoms. The summed E-state index contributed by atoms with van der Waals surface area (Å²) < 4.78 is 17.0. The normalized spacial score (nSPS) is 24.4. The van der Waals surface area contributed by atoms with E-state index in [4.69, 9.17) is 19.9 Å². The zero-order valence-corrected chi connectivity index (χ0v) is 18.3. The van der Waals surface area contributed by atoms with Crippen molar-refractivity contribution in [2.24, 2.45) is 17.1 Å². The molecule has 158 valence electrons. The van der Waals surface area contributed by atoms with Crippen molar-refractivity contribution in [3.63, 3.8) is 0 Å². The van der Waals surface area contributed by atoms with Crippen LogP contribution in [0, 0.1) is 11.3 Å². The zero-order valence-electron chi connectivity index (χ0n) is 18.3. The van der Waals surface area contributed by atoms with Gasteiger partial charge in [-0.25, -0.2) is 0 Å². The Labute approximate surface area is 169 Å². The van der Waals surface area contributed by atoms with Crippen molar-refractivity contribution in [1.82, 2.24) is 5.32 Å².